The molecule has 3 aromatic heterocycles. The van der Waals surface area contributed by atoms with Crippen LogP contribution in [0.25, 0.3) is 22.2 Å². The Bertz CT molecular complexity index is 1200. The van der Waals surface area contributed by atoms with E-state index in [9.17, 15) is 18.0 Å². The van der Waals surface area contributed by atoms with Gasteiger partial charge in [-0.1, -0.05) is 6.07 Å². The lowest BCUT2D eigenvalue weighted by Gasteiger charge is -2.07. The minimum atomic E-state index is -4.59. The Hall–Kier alpha value is -3.82. The van der Waals surface area contributed by atoms with Crippen LogP contribution in [0.3, 0.4) is 0 Å². The number of pyridine rings is 1. The molecule has 0 fully saturated rings. The molecule has 1 aromatic carbocycles. The van der Waals surface area contributed by atoms with Gasteiger partial charge in [-0.15, -0.1) is 0 Å². The number of halogens is 3. The fourth-order valence-electron chi connectivity index (χ4n) is 2.78. The number of fused-ring (bicyclic) bond motifs is 1. The van der Waals surface area contributed by atoms with Gasteiger partial charge in [0.15, 0.2) is 5.69 Å². The highest BCUT2D eigenvalue weighted by atomic mass is 19.4. The SMILES string of the molecule is Cn1nc(C(F)(F)F)cc1NC(=O)c1ccc2cc(-c3ccncn3)cnc2c1. The van der Waals surface area contributed by atoms with Crippen molar-refractivity contribution in [2.75, 3.05) is 5.32 Å². The van der Waals surface area contributed by atoms with E-state index in [1.54, 1.807) is 36.7 Å². The molecule has 0 saturated carbocycles. The van der Waals surface area contributed by atoms with Gasteiger partial charge in [0, 0.05) is 42.0 Å². The summed E-state index contributed by atoms with van der Waals surface area (Å²) in [6.45, 7) is 0. The van der Waals surface area contributed by atoms with E-state index in [0.717, 1.165) is 21.7 Å². The average molecular weight is 398 g/mol. The van der Waals surface area contributed by atoms with Gasteiger partial charge in [-0.3, -0.25) is 14.5 Å². The van der Waals surface area contributed by atoms with E-state index in [1.165, 1.54) is 13.4 Å². The molecule has 3 heterocycles. The molecule has 1 N–H and O–H groups in total. The first-order chi connectivity index (χ1) is 13.8. The summed E-state index contributed by atoms with van der Waals surface area (Å²) in [6, 6.07) is 9.27. The monoisotopic (exact) mass is 398 g/mol. The Kier molecular flexibility index (Phi) is 4.45. The minimum absolute atomic E-state index is 0.0607. The van der Waals surface area contributed by atoms with E-state index >= 15 is 0 Å². The van der Waals surface area contributed by atoms with E-state index in [1.807, 2.05) is 6.07 Å². The summed E-state index contributed by atoms with van der Waals surface area (Å²) in [6.07, 6.45) is 0.107. The zero-order valence-electron chi connectivity index (χ0n) is 15.0. The molecule has 7 nitrogen and oxygen atoms in total. The van der Waals surface area contributed by atoms with Gasteiger partial charge in [0.2, 0.25) is 0 Å². The standard InChI is InChI=1S/C19H13F3N6O/c1-28-17(8-16(27-28)19(20,21)22)26-18(29)12-3-2-11-6-13(9-24-15(11)7-12)14-4-5-23-10-25-14/h2-10H,1H3,(H,26,29). The minimum Gasteiger partial charge on any atom is -0.307 e. The number of carbonyl (C=O) groups excluding carboxylic acids is 1. The van der Waals surface area contributed by atoms with E-state index < -0.39 is 17.8 Å². The summed E-state index contributed by atoms with van der Waals surface area (Å²) in [5, 5.41) is 6.60. The Labute approximate surface area is 162 Å². The zero-order valence-corrected chi connectivity index (χ0v) is 15.0. The number of hydrogen-bond acceptors (Lipinski definition) is 5. The summed E-state index contributed by atoms with van der Waals surface area (Å²) in [7, 11) is 1.32. The summed E-state index contributed by atoms with van der Waals surface area (Å²) < 4.78 is 39.3. The second kappa shape index (κ2) is 6.97. The van der Waals surface area contributed by atoms with Gasteiger partial charge < -0.3 is 5.32 Å². The molecule has 1 amide bonds. The van der Waals surface area contributed by atoms with Crippen LogP contribution in [0.4, 0.5) is 19.0 Å². The first-order valence-electron chi connectivity index (χ1n) is 8.40. The summed E-state index contributed by atoms with van der Waals surface area (Å²) in [5.74, 6) is -0.625. The van der Waals surface area contributed by atoms with Crippen LogP contribution in [0.2, 0.25) is 0 Å². The molecule has 0 radical (unpaired) electrons. The van der Waals surface area contributed by atoms with Crippen LogP contribution in [0.5, 0.6) is 0 Å². The number of alkyl halides is 3. The number of rotatable bonds is 3. The van der Waals surface area contributed by atoms with E-state index in [2.05, 4.69) is 25.4 Å². The fourth-order valence-corrected chi connectivity index (χ4v) is 2.78. The number of hydrogen-bond donors (Lipinski definition) is 1. The summed E-state index contributed by atoms with van der Waals surface area (Å²) in [4.78, 5) is 24.9. The Morgan fingerprint density at radius 2 is 1.93 bits per heavy atom. The van der Waals surface area contributed by atoms with Crippen molar-refractivity contribution in [2.24, 2.45) is 7.05 Å². The fraction of sp³-hybridized carbons (Fsp3) is 0.105. The Morgan fingerprint density at radius 1 is 1.10 bits per heavy atom. The molecule has 0 aliphatic heterocycles. The van der Waals surface area contributed by atoms with E-state index in [-0.39, 0.29) is 11.4 Å². The third kappa shape index (κ3) is 3.77. The highest BCUT2D eigenvalue weighted by Crippen LogP contribution is 2.30. The molecule has 10 heteroatoms. The zero-order chi connectivity index (χ0) is 20.6. The third-order valence-electron chi connectivity index (χ3n) is 4.24. The van der Waals surface area contributed by atoms with E-state index in [4.69, 9.17) is 0 Å². The van der Waals surface area contributed by atoms with Gasteiger partial charge in [-0.25, -0.2) is 9.97 Å². The average Bonchev–Trinajstić information content (AvgIpc) is 3.08. The molecular weight excluding hydrogens is 385 g/mol. The quantitative estimate of drug-likeness (QED) is 0.569. The van der Waals surface area contributed by atoms with Gasteiger partial charge in [0.1, 0.15) is 12.1 Å². The number of amides is 1. The van der Waals surface area contributed by atoms with Gasteiger partial charge in [0.05, 0.1) is 11.2 Å². The summed E-state index contributed by atoms with van der Waals surface area (Å²) in [5.41, 5.74) is 1.26. The molecule has 4 aromatic rings. The van der Waals surface area contributed by atoms with Crippen molar-refractivity contribution < 1.29 is 18.0 Å². The lowest BCUT2D eigenvalue weighted by Crippen LogP contribution is -2.14. The predicted octanol–water partition coefficient (Wildman–Crippen LogP) is 3.70. The van der Waals surface area contributed by atoms with Crippen LogP contribution in [0.15, 0.2) is 55.1 Å². The maximum atomic E-state index is 12.8. The van der Waals surface area contributed by atoms with Crippen LogP contribution >= 0.6 is 0 Å². The second-order valence-electron chi connectivity index (χ2n) is 6.22. The van der Waals surface area contributed by atoms with Crippen LogP contribution in [0.1, 0.15) is 16.1 Å². The lowest BCUT2D eigenvalue weighted by molar-refractivity contribution is -0.141. The van der Waals surface area contributed by atoms with Crippen LogP contribution < -0.4 is 5.32 Å². The number of nitrogens with zero attached hydrogens (tertiary/aromatic N) is 5. The highest BCUT2D eigenvalue weighted by Gasteiger charge is 2.34. The number of benzene rings is 1. The van der Waals surface area contributed by atoms with Crippen molar-refractivity contribution in [1.29, 1.82) is 0 Å². The molecule has 0 bridgehead atoms. The van der Waals surface area contributed by atoms with Gasteiger partial charge in [0.25, 0.3) is 5.91 Å². The smallest absolute Gasteiger partial charge is 0.307 e. The van der Waals surface area contributed by atoms with Crippen molar-refractivity contribution in [2.45, 2.75) is 6.18 Å². The number of aromatic nitrogens is 5. The number of carbonyl (C=O) groups is 1. The molecule has 0 unspecified atom stereocenters. The Balaban J connectivity index is 1.60. The van der Waals surface area contributed by atoms with Crippen LogP contribution in [-0.4, -0.2) is 30.6 Å². The van der Waals surface area contributed by atoms with Gasteiger partial charge in [-0.2, -0.15) is 18.3 Å². The van der Waals surface area contributed by atoms with Crippen molar-refractivity contribution in [3.05, 3.63) is 66.4 Å². The van der Waals surface area contributed by atoms with Crippen molar-refractivity contribution >= 4 is 22.6 Å². The molecule has 29 heavy (non-hydrogen) atoms. The van der Waals surface area contributed by atoms with Gasteiger partial charge in [-0.05, 0) is 24.3 Å². The predicted molar refractivity (Wildman–Crippen MR) is 98.9 cm³/mol. The molecule has 146 valence electrons. The molecule has 0 aliphatic carbocycles. The van der Waals surface area contributed by atoms with Crippen molar-refractivity contribution in [3.8, 4) is 11.3 Å². The Morgan fingerprint density at radius 3 is 2.62 bits per heavy atom. The molecule has 0 spiro atoms. The van der Waals surface area contributed by atoms with Gasteiger partial charge >= 0.3 is 6.18 Å². The largest absolute Gasteiger partial charge is 0.435 e. The molecule has 0 aliphatic rings. The second-order valence-corrected chi connectivity index (χ2v) is 6.22. The topological polar surface area (TPSA) is 85.6 Å². The maximum absolute atomic E-state index is 12.8. The van der Waals surface area contributed by atoms with Crippen LogP contribution in [0, 0.1) is 0 Å². The number of anilines is 1. The first-order valence-corrected chi connectivity index (χ1v) is 8.40. The third-order valence-corrected chi connectivity index (χ3v) is 4.24. The molecule has 0 atom stereocenters. The lowest BCUT2D eigenvalue weighted by atomic mass is 10.1. The van der Waals surface area contributed by atoms with Crippen LogP contribution in [-0.2, 0) is 13.2 Å². The highest BCUT2D eigenvalue weighted by molar-refractivity contribution is 6.05. The number of nitrogens with one attached hydrogen (secondary N) is 1. The summed E-state index contributed by atoms with van der Waals surface area (Å²) >= 11 is 0. The number of aryl methyl sites for hydroxylation is 1. The normalized spacial score (nSPS) is 11.6. The van der Waals surface area contributed by atoms with Crippen molar-refractivity contribution in [3.63, 3.8) is 0 Å². The molecule has 4 rings (SSSR count). The molecular formula is C19H13F3N6O. The van der Waals surface area contributed by atoms with E-state index in [0.29, 0.717) is 11.2 Å². The maximum Gasteiger partial charge on any atom is 0.435 e. The molecule has 0 saturated heterocycles. The van der Waals surface area contributed by atoms with Crippen molar-refractivity contribution in [1.82, 2.24) is 24.7 Å². The first kappa shape index (κ1) is 18.5.